The molecule has 1 N–H and O–H groups in total. The van der Waals surface area contributed by atoms with Gasteiger partial charge in [0, 0.05) is 48.0 Å². The second kappa shape index (κ2) is 9.83. The zero-order valence-electron chi connectivity index (χ0n) is 22.5. The summed E-state index contributed by atoms with van der Waals surface area (Å²) in [6.45, 7) is 2.76. The predicted molar refractivity (Wildman–Crippen MR) is 152 cm³/mol. The van der Waals surface area contributed by atoms with E-state index in [0.717, 1.165) is 37.3 Å². The van der Waals surface area contributed by atoms with Crippen LogP contribution in [0.5, 0.6) is 5.75 Å². The smallest absolute Gasteiger partial charge is 0.335 e. The van der Waals surface area contributed by atoms with Crippen LogP contribution in [0.15, 0.2) is 60.9 Å². The van der Waals surface area contributed by atoms with Crippen LogP contribution in [0.4, 0.5) is 0 Å². The number of fused-ring (bicyclic) bond motifs is 7. The molecule has 2 aromatic heterocycles. The van der Waals surface area contributed by atoms with Gasteiger partial charge in [0.25, 0.3) is 0 Å². The number of carboxylic acid groups (broad SMARTS) is 1. The van der Waals surface area contributed by atoms with Gasteiger partial charge in [0.05, 0.1) is 18.4 Å². The van der Waals surface area contributed by atoms with Crippen molar-refractivity contribution in [2.45, 2.75) is 63.6 Å². The van der Waals surface area contributed by atoms with Crippen LogP contribution in [-0.2, 0) is 13.1 Å². The topological polar surface area (TPSA) is 67.6 Å². The molecule has 2 aromatic carbocycles. The summed E-state index contributed by atoms with van der Waals surface area (Å²) in [4.78, 5) is 19.0. The molecule has 1 saturated heterocycles. The van der Waals surface area contributed by atoms with E-state index in [-0.39, 0.29) is 6.04 Å². The highest BCUT2D eigenvalue weighted by Crippen LogP contribution is 2.52. The van der Waals surface area contributed by atoms with Gasteiger partial charge in [-0.1, -0.05) is 31.4 Å². The lowest BCUT2D eigenvalue weighted by molar-refractivity contribution is 0.0697. The zero-order valence-corrected chi connectivity index (χ0v) is 22.5. The number of hydrogen-bond acceptors (Lipinski definition) is 4. The maximum Gasteiger partial charge on any atom is 0.335 e. The minimum Gasteiger partial charge on any atom is -0.497 e. The number of methoxy groups -OCH3 is 1. The van der Waals surface area contributed by atoms with Crippen molar-refractivity contribution in [3.05, 3.63) is 83.2 Å². The number of aromatic carboxylic acids is 1. The highest BCUT2D eigenvalue weighted by Gasteiger charge is 2.41. The van der Waals surface area contributed by atoms with E-state index in [0.29, 0.717) is 17.4 Å². The van der Waals surface area contributed by atoms with Crippen molar-refractivity contribution in [2.24, 2.45) is 5.92 Å². The van der Waals surface area contributed by atoms with Gasteiger partial charge in [-0.2, -0.15) is 0 Å². The van der Waals surface area contributed by atoms with E-state index in [1.54, 1.807) is 13.2 Å². The van der Waals surface area contributed by atoms with Crippen LogP contribution in [0.1, 0.15) is 77.5 Å². The fourth-order valence-corrected chi connectivity index (χ4v) is 7.63. The Labute approximate surface area is 229 Å². The molecule has 200 valence electrons. The molecule has 6 heteroatoms. The Morgan fingerprint density at radius 1 is 1.08 bits per heavy atom. The Kier molecular flexibility index (Phi) is 6.15. The number of likely N-dealkylation sites (tertiary alicyclic amines) is 1. The van der Waals surface area contributed by atoms with Crippen LogP contribution in [0.2, 0.25) is 0 Å². The van der Waals surface area contributed by atoms with Crippen LogP contribution >= 0.6 is 0 Å². The van der Waals surface area contributed by atoms with E-state index in [1.165, 1.54) is 65.4 Å². The van der Waals surface area contributed by atoms with Crippen molar-refractivity contribution in [3.63, 3.8) is 0 Å². The van der Waals surface area contributed by atoms with Gasteiger partial charge in [-0.15, -0.1) is 0 Å². The van der Waals surface area contributed by atoms with Crippen LogP contribution in [0.25, 0.3) is 22.2 Å². The number of pyridine rings is 1. The maximum absolute atomic E-state index is 12.0. The predicted octanol–water partition coefficient (Wildman–Crippen LogP) is 7.03. The second-order valence-electron chi connectivity index (χ2n) is 11.5. The van der Waals surface area contributed by atoms with Crippen LogP contribution in [-0.4, -0.2) is 39.2 Å². The van der Waals surface area contributed by atoms with E-state index in [9.17, 15) is 9.90 Å². The third-order valence-electron chi connectivity index (χ3n) is 9.35. The lowest BCUT2D eigenvalue weighted by Gasteiger charge is -2.29. The Bertz CT molecular complexity index is 1540. The van der Waals surface area contributed by atoms with E-state index in [2.05, 4.69) is 44.8 Å². The summed E-state index contributed by atoms with van der Waals surface area (Å²) in [6.07, 6.45) is 11.1. The van der Waals surface area contributed by atoms with Gasteiger partial charge >= 0.3 is 5.97 Å². The van der Waals surface area contributed by atoms with Crippen molar-refractivity contribution in [1.29, 1.82) is 0 Å². The molecule has 6 nitrogen and oxygen atoms in total. The molecule has 4 heterocycles. The van der Waals surface area contributed by atoms with E-state index in [1.807, 2.05) is 24.5 Å². The molecule has 2 atom stereocenters. The summed E-state index contributed by atoms with van der Waals surface area (Å²) in [6, 6.07) is 16.8. The number of rotatable bonds is 5. The van der Waals surface area contributed by atoms with Gasteiger partial charge in [-0.3, -0.25) is 9.88 Å². The van der Waals surface area contributed by atoms with Crippen molar-refractivity contribution >= 4 is 16.9 Å². The molecule has 1 saturated carbocycles. The molecule has 7 rings (SSSR count). The third kappa shape index (κ3) is 4.13. The first-order valence-corrected chi connectivity index (χ1v) is 14.3. The minimum atomic E-state index is -0.869. The number of aromatic nitrogens is 2. The first kappa shape index (κ1) is 24.4. The summed E-state index contributed by atoms with van der Waals surface area (Å²) in [7, 11) is 1.75. The number of nitrogens with zero attached hydrogens (tertiary/aromatic N) is 3. The largest absolute Gasteiger partial charge is 0.497 e. The molecule has 2 aliphatic heterocycles. The second-order valence-corrected chi connectivity index (χ2v) is 11.5. The fourth-order valence-electron chi connectivity index (χ4n) is 7.63. The van der Waals surface area contributed by atoms with Crippen LogP contribution < -0.4 is 4.74 Å². The quantitative estimate of drug-likeness (QED) is 0.305. The fraction of sp³-hybridized carbons (Fsp3) is 0.394. The van der Waals surface area contributed by atoms with Crippen LogP contribution in [0, 0.1) is 5.92 Å². The number of hydrogen-bond donors (Lipinski definition) is 1. The summed E-state index contributed by atoms with van der Waals surface area (Å²) in [5.74, 6) is 0.925. The van der Waals surface area contributed by atoms with Gasteiger partial charge in [0.1, 0.15) is 5.75 Å². The Hall–Kier alpha value is -3.64. The van der Waals surface area contributed by atoms with E-state index < -0.39 is 5.97 Å². The number of carboxylic acids is 1. The lowest BCUT2D eigenvalue weighted by atomic mass is 9.81. The summed E-state index contributed by atoms with van der Waals surface area (Å²) in [5, 5.41) is 11.1. The third-order valence-corrected chi connectivity index (χ3v) is 9.35. The average molecular weight is 522 g/mol. The minimum absolute atomic E-state index is 0.257. The number of benzene rings is 2. The maximum atomic E-state index is 12.0. The van der Waals surface area contributed by atoms with Crippen LogP contribution in [0.3, 0.4) is 0 Å². The molecule has 4 aromatic rings. The van der Waals surface area contributed by atoms with E-state index in [4.69, 9.17) is 4.74 Å². The molecular formula is C33H35N3O3. The molecule has 0 spiro atoms. The lowest BCUT2D eigenvalue weighted by Crippen LogP contribution is -2.26. The van der Waals surface area contributed by atoms with Gasteiger partial charge in [-0.25, -0.2) is 4.79 Å². The molecular weight excluding hydrogens is 486 g/mol. The highest BCUT2D eigenvalue weighted by atomic mass is 16.5. The van der Waals surface area contributed by atoms with Gasteiger partial charge < -0.3 is 14.4 Å². The Balaban J connectivity index is 1.46. The molecule has 1 aliphatic carbocycles. The summed E-state index contributed by atoms with van der Waals surface area (Å²) < 4.78 is 8.24. The van der Waals surface area contributed by atoms with Gasteiger partial charge in [-0.05, 0) is 90.7 Å². The standard InChI is InChI=1S/C33H35N3O3/c1-39-25-10-12-26-28(17-25)31-24(13-15-35(31)19-21-6-5-14-34-18-21)20-36-29-16-23(33(37)38)9-11-27(29)30(32(26)36)22-7-3-2-4-8-22/h5-6,9-12,14,16-18,22,24,31H,2-4,7-8,13,15,19-20H2,1H3,(H,37,38)/t24-,31+/m0/s1. The first-order valence-electron chi connectivity index (χ1n) is 14.3. The first-order chi connectivity index (χ1) is 19.1. The van der Waals surface area contributed by atoms with Crippen molar-refractivity contribution in [1.82, 2.24) is 14.5 Å². The highest BCUT2D eigenvalue weighted by molar-refractivity contribution is 5.98. The molecule has 0 unspecified atom stereocenters. The molecule has 0 bridgehead atoms. The molecule has 39 heavy (non-hydrogen) atoms. The monoisotopic (exact) mass is 521 g/mol. The molecule has 0 radical (unpaired) electrons. The summed E-state index contributed by atoms with van der Waals surface area (Å²) >= 11 is 0. The number of ether oxygens (including phenoxy) is 1. The average Bonchev–Trinajstić information content (AvgIpc) is 3.47. The van der Waals surface area contributed by atoms with Crippen molar-refractivity contribution in [2.75, 3.05) is 13.7 Å². The Morgan fingerprint density at radius 3 is 2.72 bits per heavy atom. The normalized spacial score (nSPS) is 21.3. The van der Waals surface area contributed by atoms with E-state index >= 15 is 0 Å². The molecule has 0 amide bonds. The Morgan fingerprint density at radius 2 is 1.95 bits per heavy atom. The van der Waals surface area contributed by atoms with Crippen molar-refractivity contribution in [3.8, 4) is 17.0 Å². The van der Waals surface area contributed by atoms with Gasteiger partial charge in [0.2, 0.25) is 0 Å². The molecule has 2 fully saturated rings. The zero-order chi connectivity index (χ0) is 26.5. The SMILES string of the molecule is COc1ccc2c(c1)[C@H]1[C@@H](CCN1Cc1cccnc1)Cn1c-2c(C2CCCCC2)c2ccc(C(=O)O)cc21. The van der Waals surface area contributed by atoms with Gasteiger partial charge in [0.15, 0.2) is 0 Å². The molecule has 3 aliphatic rings. The summed E-state index contributed by atoms with van der Waals surface area (Å²) in [5.41, 5.74) is 7.98. The van der Waals surface area contributed by atoms with Crippen molar-refractivity contribution < 1.29 is 14.6 Å². The number of carbonyl (C=O) groups is 1.